The Bertz CT molecular complexity index is 1090. The molecule has 0 aromatic heterocycles. The first-order chi connectivity index (χ1) is 14.9. The number of carbonyl (C=O) groups excluding carboxylic acids is 1. The number of amides is 1. The van der Waals surface area contributed by atoms with E-state index in [1.807, 2.05) is 60.7 Å². The molecule has 3 aromatic carbocycles. The van der Waals surface area contributed by atoms with Gasteiger partial charge in [0, 0.05) is 0 Å². The van der Waals surface area contributed by atoms with Crippen molar-refractivity contribution in [3.63, 3.8) is 0 Å². The zero-order chi connectivity index (χ0) is 22.3. The Labute approximate surface area is 183 Å². The van der Waals surface area contributed by atoms with Crippen LogP contribution in [-0.4, -0.2) is 27.2 Å². The van der Waals surface area contributed by atoms with Gasteiger partial charge in [-0.05, 0) is 42.0 Å². The SMILES string of the molecule is COc1ccc(S(=O)(=O)CC(C)C(=O)NN(Cc2ccccc2)c2ccccc2)cc1. The quantitative estimate of drug-likeness (QED) is 0.514. The van der Waals surface area contributed by atoms with Gasteiger partial charge in [0.1, 0.15) is 5.75 Å². The lowest BCUT2D eigenvalue weighted by Gasteiger charge is -2.27. The summed E-state index contributed by atoms with van der Waals surface area (Å²) in [6.07, 6.45) is 0. The minimum Gasteiger partial charge on any atom is -0.497 e. The highest BCUT2D eigenvalue weighted by Crippen LogP contribution is 2.20. The van der Waals surface area contributed by atoms with Crippen molar-refractivity contribution in [2.24, 2.45) is 5.92 Å². The number of hydrogen-bond donors (Lipinski definition) is 1. The van der Waals surface area contributed by atoms with Gasteiger partial charge in [-0.15, -0.1) is 0 Å². The Morgan fingerprint density at radius 2 is 1.52 bits per heavy atom. The summed E-state index contributed by atoms with van der Waals surface area (Å²) in [7, 11) is -2.11. The maximum atomic E-state index is 12.9. The molecule has 0 aliphatic carbocycles. The van der Waals surface area contributed by atoms with E-state index in [1.54, 1.807) is 24.1 Å². The standard InChI is InChI=1S/C24H26N2O4S/c1-19(18-31(28,29)23-15-13-22(30-2)14-16-23)24(27)25-26(21-11-7-4-8-12-21)17-20-9-5-3-6-10-20/h3-16,19H,17-18H2,1-2H3,(H,25,27). The number of anilines is 1. The number of para-hydroxylation sites is 1. The van der Waals surface area contributed by atoms with Crippen molar-refractivity contribution in [3.05, 3.63) is 90.5 Å². The summed E-state index contributed by atoms with van der Waals surface area (Å²) in [6.45, 7) is 2.07. The number of hydrazine groups is 1. The van der Waals surface area contributed by atoms with Gasteiger partial charge in [-0.25, -0.2) is 8.42 Å². The molecule has 7 heteroatoms. The van der Waals surface area contributed by atoms with Crippen LogP contribution in [0.5, 0.6) is 5.75 Å². The van der Waals surface area contributed by atoms with Gasteiger partial charge in [0.2, 0.25) is 5.91 Å². The number of methoxy groups -OCH3 is 1. The lowest BCUT2D eigenvalue weighted by Crippen LogP contribution is -2.45. The topological polar surface area (TPSA) is 75.7 Å². The molecule has 3 rings (SSSR count). The third-order valence-corrected chi connectivity index (χ3v) is 6.76. The van der Waals surface area contributed by atoms with Gasteiger partial charge in [-0.2, -0.15) is 0 Å². The monoisotopic (exact) mass is 438 g/mol. The number of nitrogens with one attached hydrogen (secondary N) is 1. The van der Waals surface area contributed by atoms with Crippen LogP contribution in [-0.2, 0) is 21.2 Å². The fraction of sp³-hybridized carbons (Fsp3) is 0.208. The maximum Gasteiger partial charge on any atom is 0.242 e. The van der Waals surface area contributed by atoms with E-state index < -0.39 is 15.8 Å². The lowest BCUT2D eigenvalue weighted by atomic mass is 10.2. The molecular formula is C24H26N2O4S. The molecule has 1 unspecified atom stereocenters. The minimum absolute atomic E-state index is 0.164. The summed E-state index contributed by atoms with van der Waals surface area (Å²) >= 11 is 0. The van der Waals surface area contributed by atoms with Crippen molar-refractivity contribution < 1.29 is 17.9 Å². The average molecular weight is 439 g/mol. The van der Waals surface area contributed by atoms with Crippen molar-refractivity contribution in [1.29, 1.82) is 0 Å². The summed E-state index contributed by atoms with van der Waals surface area (Å²) in [5, 5.41) is 1.73. The van der Waals surface area contributed by atoms with Gasteiger partial charge < -0.3 is 4.74 Å². The second kappa shape index (κ2) is 10.1. The maximum absolute atomic E-state index is 12.9. The number of hydrogen-bond acceptors (Lipinski definition) is 5. The van der Waals surface area contributed by atoms with E-state index in [2.05, 4.69) is 5.43 Å². The van der Waals surface area contributed by atoms with Gasteiger partial charge in [0.05, 0.1) is 35.9 Å². The molecule has 6 nitrogen and oxygen atoms in total. The summed E-state index contributed by atoms with van der Waals surface area (Å²) in [5.74, 6) is -0.825. The Kier molecular flexibility index (Phi) is 7.31. The number of benzene rings is 3. The first-order valence-electron chi connectivity index (χ1n) is 9.93. The predicted octanol–water partition coefficient (Wildman–Crippen LogP) is 3.84. The van der Waals surface area contributed by atoms with Gasteiger partial charge in [-0.1, -0.05) is 55.5 Å². The van der Waals surface area contributed by atoms with Crippen LogP contribution in [0, 0.1) is 5.92 Å². The summed E-state index contributed by atoms with van der Waals surface area (Å²) in [6, 6.07) is 25.4. The van der Waals surface area contributed by atoms with Gasteiger partial charge in [0.15, 0.2) is 9.84 Å². The predicted molar refractivity (Wildman–Crippen MR) is 121 cm³/mol. The van der Waals surface area contributed by atoms with Crippen LogP contribution in [0.4, 0.5) is 5.69 Å². The fourth-order valence-corrected chi connectivity index (χ4v) is 4.65. The Hall–Kier alpha value is -3.32. The minimum atomic E-state index is -3.62. The number of carbonyl (C=O) groups is 1. The summed E-state index contributed by atoms with van der Waals surface area (Å²) in [5.41, 5.74) is 4.71. The van der Waals surface area contributed by atoms with Gasteiger partial charge >= 0.3 is 0 Å². The molecule has 0 saturated carbocycles. The molecule has 0 saturated heterocycles. The summed E-state index contributed by atoms with van der Waals surface area (Å²) < 4.78 is 30.6. The van der Waals surface area contributed by atoms with E-state index in [-0.39, 0.29) is 16.6 Å². The average Bonchev–Trinajstić information content (AvgIpc) is 2.79. The van der Waals surface area contributed by atoms with Crippen molar-refractivity contribution in [1.82, 2.24) is 5.43 Å². The third kappa shape index (κ3) is 6.08. The van der Waals surface area contributed by atoms with Gasteiger partial charge in [0.25, 0.3) is 0 Å². The normalized spacial score (nSPS) is 12.1. The van der Waals surface area contributed by atoms with E-state index in [0.717, 1.165) is 11.3 Å². The first kappa shape index (κ1) is 22.4. The molecule has 1 amide bonds. The largest absolute Gasteiger partial charge is 0.497 e. The highest BCUT2D eigenvalue weighted by atomic mass is 32.2. The fourth-order valence-electron chi connectivity index (χ4n) is 3.10. The van der Waals surface area contributed by atoms with Crippen LogP contribution >= 0.6 is 0 Å². The molecule has 3 aromatic rings. The molecule has 0 fully saturated rings. The summed E-state index contributed by atoms with van der Waals surface area (Å²) in [4.78, 5) is 13.1. The smallest absolute Gasteiger partial charge is 0.242 e. The molecule has 162 valence electrons. The number of rotatable bonds is 9. The van der Waals surface area contributed by atoms with E-state index >= 15 is 0 Å². The van der Waals surface area contributed by atoms with Crippen LogP contribution in [0.2, 0.25) is 0 Å². The molecule has 1 N–H and O–H groups in total. The molecule has 0 bridgehead atoms. The van der Waals surface area contributed by atoms with E-state index in [0.29, 0.717) is 12.3 Å². The van der Waals surface area contributed by atoms with Crippen molar-refractivity contribution in [2.75, 3.05) is 17.9 Å². The first-order valence-corrected chi connectivity index (χ1v) is 11.6. The van der Waals surface area contributed by atoms with Crippen LogP contribution in [0.25, 0.3) is 0 Å². The number of nitrogens with zero attached hydrogens (tertiary/aromatic N) is 1. The van der Waals surface area contributed by atoms with Crippen LogP contribution < -0.4 is 15.2 Å². The molecule has 0 aliphatic rings. The highest BCUT2D eigenvalue weighted by molar-refractivity contribution is 7.91. The molecular weight excluding hydrogens is 412 g/mol. The second-order valence-electron chi connectivity index (χ2n) is 7.24. The zero-order valence-electron chi connectivity index (χ0n) is 17.6. The highest BCUT2D eigenvalue weighted by Gasteiger charge is 2.25. The number of ether oxygens (including phenoxy) is 1. The lowest BCUT2D eigenvalue weighted by molar-refractivity contribution is -0.124. The molecule has 1 atom stereocenters. The van der Waals surface area contributed by atoms with Crippen molar-refractivity contribution in [2.45, 2.75) is 18.4 Å². The number of sulfone groups is 1. The van der Waals surface area contributed by atoms with E-state index in [4.69, 9.17) is 4.74 Å². The van der Waals surface area contributed by atoms with Gasteiger partial charge in [-0.3, -0.25) is 15.2 Å². The van der Waals surface area contributed by atoms with E-state index in [9.17, 15) is 13.2 Å². The third-order valence-electron chi connectivity index (χ3n) is 4.83. The Balaban J connectivity index is 1.72. The van der Waals surface area contributed by atoms with E-state index in [1.165, 1.54) is 19.2 Å². The molecule has 0 radical (unpaired) electrons. The molecule has 31 heavy (non-hydrogen) atoms. The van der Waals surface area contributed by atoms with Crippen molar-refractivity contribution >= 4 is 21.4 Å². The second-order valence-corrected chi connectivity index (χ2v) is 9.28. The van der Waals surface area contributed by atoms with Crippen LogP contribution in [0.15, 0.2) is 89.8 Å². The van der Waals surface area contributed by atoms with Crippen molar-refractivity contribution in [3.8, 4) is 5.75 Å². The zero-order valence-corrected chi connectivity index (χ0v) is 18.4. The molecule has 0 aliphatic heterocycles. The van der Waals surface area contributed by atoms with Crippen LogP contribution in [0.3, 0.4) is 0 Å². The van der Waals surface area contributed by atoms with Crippen LogP contribution in [0.1, 0.15) is 12.5 Å². The Morgan fingerprint density at radius 1 is 0.935 bits per heavy atom. The Morgan fingerprint density at radius 3 is 2.10 bits per heavy atom. The molecule has 0 heterocycles. The molecule has 0 spiro atoms.